The molecule has 1 fully saturated rings. The topological polar surface area (TPSA) is 75.5 Å². The molecule has 1 N–H and O–H groups in total. The van der Waals surface area contributed by atoms with Crippen LogP contribution in [0.25, 0.3) is 0 Å². The maximum atomic E-state index is 12.3. The van der Waals surface area contributed by atoms with Gasteiger partial charge >= 0.3 is 0 Å². The van der Waals surface area contributed by atoms with Crippen molar-refractivity contribution in [2.24, 2.45) is 5.92 Å². The first kappa shape index (κ1) is 16.0. The van der Waals surface area contributed by atoms with E-state index in [2.05, 4.69) is 23.7 Å². The first-order valence-corrected chi connectivity index (χ1v) is 7.45. The Morgan fingerprint density at radius 2 is 2.18 bits per heavy atom. The largest absolute Gasteiger partial charge is 0.371 e. The van der Waals surface area contributed by atoms with Gasteiger partial charge in [0.25, 0.3) is 11.6 Å². The van der Waals surface area contributed by atoms with Gasteiger partial charge in [-0.2, -0.15) is 0 Å². The molecular formula is C16H21N3O3. The zero-order valence-corrected chi connectivity index (χ0v) is 12.7. The highest BCUT2D eigenvalue weighted by Gasteiger charge is 2.23. The SMILES string of the molecule is C=CCNC(=O)c1cc([N+](=O)[O-])ccc1N1CCC(C)CC1. The second kappa shape index (κ2) is 7.06. The first-order chi connectivity index (χ1) is 10.5. The summed E-state index contributed by atoms with van der Waals surface area (Å²) in [5.41, 5.74) is 1.04. The van der Waals surface area contributed by atoms with E-state index in [9.17, 15) is 14.9 Å². The third kappa shape index (κ3) is 3.63. The van der Waals surface area contributed by atoms with Crippen LogP contribution in [-0.2, 0) is 0 Å². The molecule has 0 atom stereocenters. The smallest absolute Gasteiger partial charge is 0.270 e. The number of nitro groups is 1. The average molecular weight is 303 g/mol. The lowest BCUT2D eigenvalue weighted by atomic mass is 9.98. The molecule has 0 aromatic heterocycles. The van der Waals surface area contributed by atoms with Gasteiger partial charge in [-0.25, -0.2) is 0 Å². The Kier molecular flexibility index (Phi) is 5.14. The van der Waals surface area contributed by atoms with Gasteiger partial charge in [-0.15, -0.1) is 6.58 Å². The van der Waals surface area contributed by atoms with E-state index in [1.54, 1.807) is 12.1 Å². The normalized spacial score (nSPS) is 15.4. The Balaban J connectivity index is 2.32. The van der Waals surface area contributed by atoms with Crippen LogP contribution in [0.4, 0.5) is 11.4 Å². The lowest BCUT2D eigenvalue weighted by Gasteiger charge is -2.33. The van der Waals surface area contributed by atoms with Gasteiger partial charge in [0.05, 0.1) is 16.2 Å². The van der Waals surface area contributed by atoms with Crippen LogP contribution in [-0.4, -0.2) is 30.5 Å². The molecule has 1 aliphatic heterocycles. The Morgan fingerprint density at radius 1 is 1.50 bits per heavy atom. The van der Waals surface area contributed by atoms with Crippen molar-refractivity contribution in [3.63, 3.8) is 0 Å². The summed E-state index contributed by atoms with van der Waals surface area (Å²) in [5.74, 6) is 0.365. The minimum Gasteiger partial charge on any atom is -0.371 e. The summed E-state index contributed by atoms with van der Waals surface area (Å²) in [4.78, 5) is 24.9. The second-order valence-corrected chi connectivity index (χ2v) is 5.63. The number of carbonyl (C=O) groups is 1. The van der Waals surface area contributed by atoms with Crippen LogP contribution < -0.4 is 10.2 Å². The van der Waals surface area contributed by atoms with Gasteiger partial charge in [0.2, 0.25) is 0 Å². The number of rotatable bonds is 5. The number of carbonyl (C=O) groups excluding carboxylic acids is 1. The third-order valence-corrected chi connectivity index (χ3v) is 3.97. The fraction of sp³-hybridized carbons (Fsp3) is 0.438. The van der Waals surface area contributed by atoms with Gasteiger partial charge in [0, 0.05) is 31.8 Å². The highest BCUT2D eigenvalue weighted by atomic mass is 16.6. The molecule has 1 amide bonds. The van der Waals surface area contributed by atoms with Crippen molar-refractivity contribution < 1.29 is 9.72 Å². The molecule has 1 aromatic rings. The van der Waals surface area contributed by atoms with Crippen molar-refractivity contribution in [3.8, 4) is 0 Å². The molecule has 0 bridgehead atoms. The molecule has 0 spiro atoms. The standard InChI is InChI=1S/C16H21N3O3/c1-3-8-17-16(20)14-11-13(19(21)22)4-5-15(14)18-9-6-12(2)7-10-18/h3-5,11-12H,1,6-10H2,2H3,(H,17,20). The molecular weight excluding hydrogens is 282 g/mol. The summed E-state index contributed by atoms with van der Waals surface area (Å²) < 4.78 is 0. The van der Waals surface area contributed by atoms with E-state index in [4.69, 9.17) is 0 Å². The summed E-state index contributed by atoms with van der Waals surface area (Å²) in [5, 5.41) is 13.7. The van der Waals surface area contributed by atoms with E-state index in [0.717, 1.165) is 31.6 Å². The summed E-state index contributed by atoms with van der Waals surface area (Å²) in [6.07, 6.45) is 3.70. The number of benzene rings is 1. The summed E-state index contributed by atoms with van der Waals surface area (Å²) in [7, 11) is 0. The van der Waals surface area contributed by atoms with Gasteiger partial charge in [-0.05, 0) is 24.8 Å². The molecule has 1 aromatic carbocycles. The van der Waals surface area contributed by atoms with E-state index in [0.29, 0.717) is 18.0 Å². The molecule has 1 aliphatic rings. The molecule has 118 valence electrons. The molecule has 22 heavy (non-hydrogen) atoms. The van der Waals surface area contributed by atoms with Crippen molar-refractivity contribution in [2.75, 3.05) is 24.5 Å². The monoisotopic (exact) mass is 303 g/mol. The number of hydrogen-bond donors (Lipinski definition) is 1. The van der Waals surface area contributed by atoms with E-state index < -0.39 is 4.92 Å². The van der Waals surface area contributed by atoms with Gasteiger partial charge in [-0.3, -0.25) is 14.9 Å². The van der Waals surface area contributed by atoms with Crippen LogP contribution in [0.2, 0.25) is 0 Å². The zero-order chi connectivity index (χ0) is 16.1. The van der Waals surface area contributed by atoms with Crippen molar-refractivity contribution in [2.45, 2.75) is 19.8 Å². The number of amides is 1. The molecule has 0 aliphatic carbocycles. The van der Waals surface area contributed by atoms with Crippen molar-refractivity contribution in [1.82, 2.24) is 5.32 Å². The zero-order valence-electron chi connectivity index (χ0n) is 12.7. The molecule has 0 unspecified atom stereocenters. The fourth-order valence-electron chi connectivity index (χ4n) is 2.60. The Morgan fingerprint density at radius 3 is 2.77 bits per heavy atom. The van der Waals surface area contributed by atoms with Gasteiger partial charge in [0.15, 0.2) is 0 Å². The third-order valence-electron chi connectivity index (χ3n) is 3.97. The maximum Gasteiger partial charge on any atom is 0.270 e. The van der Waals surface area contributed by atoms with E-state index in [-0.39, 0.29) is 11.6 Å². The quantitative estimate of drug-likeness (QED) is 0.515. The fourth-order valence-corrected chi connectivity index (χ4v) is 2.60. The summed E-state index contributed by atoms with van der Waals surface area (Å²) in [6, 6.07) is 4.49. The number of non-ortho nitro benzene ring substituents is 1. The van der Waals surface area contributed by atoms with Crippen LogP contribution in [0.5, 0.6) is 0 Å². The van der Waals surface area contributed by atoms with Gasteiger partial charge < -0.3 is 10.2 Å². The first-order valence-electron chi connectivity index (χ1n) is 7.45. The van der Waals surface area contributed by atoms with Crippen LogP contribution in [0.1, 0.15) is 30.1 Å². The number of nitrogens with zero attached hydrogens (tertiary/aromatic N) is 2. The molecule has 6 nitrogen and oxygen atoms in total. The van der Waals surface area contributed by atoms with Crippen molar-refractivity contribution >= 4 is 17.3 Å². The summed E-state index contributed by atoms with van der Waals surface area (Å²) in [6.45, 7) is 7.83. The van der Waals surface area contributed by atoms with Crippen LogP contribution >= 0.6 is 0 Å². The Labute approximate surface area is 130 Å². The maximum absolute atomic E-state index is 12.3. The van der Waals surface area contributed by atoms with Gasteiger partial charge in [0.1, 0.15) is 0 Å². The van der Waals surface area contributed by atoms with Crippen molar-refractivity contribution in [3.05, 3.63) is 46.5 Å². The molecule has 0 radical (unpaired) electrons. The van der Waals surface area contributed by atoms with Crippen LogP contribution in [0.15, 0.2) is 30.9 Å². The molecule has 1 saturated heterocycles. The van der Waals surface area contributed by atoms with Crippen molar-refractivity contribution in [1.29, 1.82) is 0 Å². The number of hydrogen-bond acceptors (Lipinski definition) is 4. The number of nitro benzene ring substituents is 1. The highest BCUT2D eigenvalue weighted by molar-refractivity contribution is 6.00. The van der Waals surface area contributed by atoms with Gasteiger partial charge in [-0.1, -0.05) is 13.0 Å². The predicted molar refractivity (Wildman–Crippen MR) is 86.2 cm³/mol. The molecule has 2 rings (SSSR count). The Hall–Kier alpha value is -2.37. The van der Waals surface area contributed by atoms with Crippen LogP contribution in [0.3, 0.4) is 0 Å². The minimum atomic E-state index is -0.480. The lowest BCUT2D eigenvalue weighted by Crippen LogP contribution is -2.35. The Bertz CT molecular complexity index is 578. The van der Waals surface area contributed by atoms with Crippen LogP contribution in [0, 0.1) is 16.0 Å². The number of piperidine rings is 1. The molecule has 6 heteroatoms. The average Bonchev–Trinajstić information content (AvgIpc) is 2.52. The summed E-state index contributed by atoms with van der Waals surface area (Å²) >= 11 is 0. The number of anilines is 1. The number of nitrogens with one attached hydrogen (secondary N) is 1. The van der Waals surface area contributed by atoms with E-state index >= 15 is 0 Å². The minimum absolute atomic E-state index is 0.0714. The van der Waals surface area contributed by atoms with E-state index in [1.807, 2.05) is 0 Å². The molecule has 1 heterocycles. The predicted octanol–water partition coefficient (Wildman–Crippen LogP) is 2.75. The second-order valence-electron chi connectivity index (χ2n) is 5.63. The highest BCUT2D eigenvalue weighted by Crippen LogP contribution is 2.29. The lowest BCUT2D eigenvalue weighted by molar-refractivity contribution is -0.384. The molecule has 0 saturated carbocycles. The van der Waals surface area contributed by atoms with E-state index in [1.165, 1.54) is 12.1 Å².